The van der Waals surface area contributed by atoms with Crippen molar-refractivity contribution in [1.29, 1.82) is 5.26 Å². The summed E-state index contributed by atoms with van der Waals surface area (Å²) in [5.74, 6) is -0.116. The molecule has 7 nitrogen and oxygen atoms in total. The molecule has 1 aliphatic rings. The first-order valence-corrected chi connectivity index (χ1v) is 8.41. The summed E-state index contributed by atoms with van der Waals surface area (Å²) in [6.07, 6.45) is 2.19. The number of hydrogen-bond donors (Lipinski definition) is 1. The Hall–Kier alpha value is -2.62. The van der Waals surface area contributed by atoms with Gasteiger partial charge in [-0.25, -0.2) is 0 Å². The third kappa shape index (κ3) is 3.73. The maximum Gasteiger partial charge on any atom is 0.266 e. The number of nitriles is 1. The Kier molecular flexibility index (Phi) is 5.62. The van der Waals surface area contributed by atoms with E-state index >= 15 is 0 Å². The second-order valence-electron chi connectivity index (χ2n) is 6.65. The second kappa shape index (κ2) is 7.51. The molecular weight excluding hydrogens is 320 g/mol. The SMILES string of the molecule is Cc1[nH]c(=O)c(C#N)c(C)c1CCC(=O)N1CCCC1C(=O)N(C)C. The zero-order valence-corrected chi connectivity index (χ0v) is 15.2. The molecule has 0 aromatic carbocycles. The molecule has 0 saturated carbocycles. The number of likely N-dealkylation sites (tertiary alicyclic amines) is 1. The number of pyridine rings is 1. The molecular formula is C18H24N4O3. The quantitative estimate of drug-likeness (QED) is 0.876. The van der Waals surface area contributed by atoms with Gasteiger partial charge in [0.2, 0.25) is 11.8 Å². The predicted molar refractivity (Wildman–Crippen MR) is 93.0 cm³/mol. The lowest BCUT2D eigenvalue weighted by molar-refractivity contribution is -0.142. The summed E-state index contributed by atoms with van der Waals surface area (Å²) in [5, 5.41) is 9.13. The Balaban J connectivity index is 2.14. The number of rotatable bonds is 4. The predicted octanol–water partition coefficient (Wildman–Crippen LogP) is 0.875. The first-order valence-electron chi connectivity index (χ1n) is 8.41. The molecule has 134 valence electrons. The number of likely N-dealkylation sites (N-methyl/N-ethyl adjacent to an activating group) is 1. The molecule has 1 atom stereocenters. The van der Waals surface area contributed by atoms with E-state index in [1.54, 1.807) is 32.8 Å². The van der Waals surface area contributed by atoms with Gasteiger partial charge in [0.05, 0.1) is 0 Å². The van der Waals surface area contributed by atoms with E-state index in [0.717, 1.165) is 12.0 Å². The Morgan fingerprint density at radius 3 is 2.64 bits per heavy atom. The van der Waals surface area contributed by atoms with Crippen LogP contribution in [0.4, 0.5) is 0 Å². The molecule has 0 spiro atoms. The molecule has 1 aromatic heterocycles. The number of carbonyl (C=O) groups excluding carboxylic acids is 2. The third-order valence-corrected chi connectivity index (χ3v) is 4.81. The molecule has 1 unspecified atom stereocenters. The van der Waals surface area contributed by atoms with Crippen molar-refractivity contribution in [1.82, 2.24) is 14.8 Å². The number of nitrogens with zero attached hydrogens (tertiary/aromatic N) is 3. The van der Waals surface area contributed by atoms with Crippen LogP contribution in [0.25, 0.3) is 0 Å². The summed E-state index contributed by atoms with van der Waals surface area (Å²) < 4.78 is 0. The van der Waals surface area contributed by atoms with Crippen molar-refractivity contribution >= 4 is 11.8 Å². The van der Waals surface area contributed by atoms with Gasteiger partial charge >= 0.3 is 0 Å². The number of nitrogens with one attached hydrogen (secondary N) is 1. The molecule has 0 radical (unpaired) electrons. The highest BCUT2D eigenvalue weighted by atomic mass is 16.2. The zero-order chi connectivity index (χ0) is 18.7. The Bertz CT molecular complexity index is 789. The van der Waals surface area contributed by atoms with Gasteiger partial charge in [0.25, 0.3) is 5.56 Å². The van der Waals surface area contributed by atoms with Crippen molar-refractivity contribution in [3.8, 4) is 6.07 Å². The summed E-state index contributed by atoms with van der Waals surface area (Å²) in [6.45, 7) is 4.09. The molecule has 25 heavy (non-hydrogen) atoms. The summed E-state index contributed by atoms with van der Waals surface area (Å²) in [4.78, 5) is 42.5. The molecule has 2 heterocycles. The maximum atomic E-state index is 12.6. The minimum absolute atomic E-state index is 0.0472. The van der Waals surface area contributed by atoms with Crippen molar-refractivity contribution in [3.05, 3.63) is 32.7 Å². The lowest BCUT2D eigenvalue weighted by atomic mass is 9.99. The molecule has 2 rings (SSSR count). The smallest absolute Gasteiger partial charge is 0.266 e. The van der Waals surface area contributed by atoms with Crippen LogP contribution < -0.4 is 5.56 Å². The third-order valence-electron chi connectivity index (χ3n) is 4.81. The van der Waals surface area contributed by atoms with Gasteiger partial charge in [-0.15, -0.1) is 0 Å². The monoisotopic (exact) mass is 344 g/mol. The van der Waals surface area contributed by atoms with Gasteiger partial charge < -0.3 is 14.8 Å². The van der Waals surface area contributed by atoms with Crippen molar-refractivity contribution in [2.45, 2.75) is 45.6 Å². The topological polar surface area (TPSA) is 97.3 Å². The van der Waals surface area contributed by atoms with E-state index in [-0.39, 0.29) is 29.8 Å². The van der Waals surface area contributed by atoms with Crippen LogP contribution in [0, 0.1) is 25.2 Å². The van der Waals surface area contributed by atoms with E-state index in [1.165, 1.54) is 4.90 Å². The molecule has 0 aliphatic carbocycles. The fraction of sp³-hybridized carbons (Fsp3) is 0.556. The lowest BCUT2D eigenvalue weighted by Gasteiger charge is -2.26. The Morgan fingerprint density at radius 2 is 2.04 bits per heavy atom. The van der Waals surface area contributed by atoms with Crippen LogP contribution >= 0.6 is 0 Å². The van der Waals surface area contributed by atoms with E-state index < -0.39 is 5.56 Å². The summed E-state index contributed by atoms with van der Waals surface area (Å²) in [7, 11) is 3.39. The first kappa shape index (κ1) is 18.7. The number of amides is 2. The van der Waals surface area contributed by atoms with Crippen LogP contribution in [0.3, 0.4) is 0 Å². The second-order valence-corrected chi connectivity index (χ2v) is 6.65. The summed E-state index contributed by atoms with van der Waals surface area (Å²) in [5.41, 5.74) is 1.81. The largest absolute Gasteiger partial charge is 0.347 e. The Labute approximate surface area is 147 Å². The lowest BCUT2D eigenvalue weighted by Crippen LogP contribution is -2.45. The van der Waals surface area contributed by atoms with Crippen molar-refractivity contribution in [2.75, 3.05) is 20.6 Å². The molecule has 2 amide bonds. The fourth-order valence-corrected chi connectivity index (χ4v) is 3.42. The average molecular weight is 344 g/mol. The van der Waals surface area contributed by atoms with Crippen molar-refractivity contribution < 1.29 is 9.59 Å². The molecule has 1 fully saturated rings. The molecule has 1 aliphatic heterocycles. The van der Waals surface area contributed by atoms with Crippen LogP contribution in [0.1, 0.15) is 41.6 Å². The normalized spacial score (nSPS) is 16.6. The van der Waals surface area contributed by atoms with Crippen LogP contribution in [0.5, 0.6) is 0 Å². The Morgan fingerprint density at radius 1 is 1.36 bits per heavy atom. The van der Waals surface area contributed by atoms with Crippen LogP contribution in [0.15, 0.2) is 4.79 Å². The number of H-pyrrole nitrogens is 1. The van der Waals surface area contributed by atoms with Crippen LogP contribution in [-0.2, 0) is 16.0 Å². The highest BCUT2D eigenvalue weighted by molar-refractivity contribution is 5.88. The van der Waals surface area contributed by atoms with E-state index in [0.29, 0.717) is 30.6 Å². The highest BCUT2D eigenvalue weighted by Crippen LogP contribution is 2.21. The molecule has 0 bridgehead atoms. The van der Waals surface area contributed by atoms with Gasteiger partial charge in [-0.05, 0) is 44.2 Å². The van der Waals surface area contributed by atoms with Gasteiger partial charge in [0, 0.05) is 32.8 Å². The van der Waals surface area contributed by atoms with Gasteiger partial charge in [-0.1, -0.05) is 0 Å². The number of carbonyl (C=O) groups is 2. The van der Waals surface area contributed by atoms with Crippen molar-refractivity contribution in [2.24, 2.45) is 0 Å². The average Bonchev–Trinajstić information content (AvgIpc) is 3.03. The standard InChI is InChI=1S/C18H24N4O3/c1-11-13(12(2)20-17(24)14(11)10-19)7-8-16(23)22-9-5-6-15(22)18(25)21(3)4/h15H,5-9H2,1-4H3,(H,20,24). The van der Waals surface area contributed by atoms with Crippen molar-refractivity contribution in [3.63, 3.8) is 0 Å². The van der Waals surface area contributed by atoms with E-state index in [4.69, 9.17) is 5.26 Å². The van der Waals surface area contributed by atoms with E-state index in [2.05, 4.69) is 4.98 Å². The van der Waals surface area contributed by atoms with E-state index in [9.17, 15) is 14.4 Å². The number of hydrogen-bond acceptors (Lipinski definition) is 4. The fourth-order valence-electron chi connectivity index (χ4n) is 3.42. The molecule has 1 saturated heterocycles. The number of aromatic nitrogens is 1. The minimum Gasteiger partial charge on any atom is -0.347 e. The molecule has 7 heteroatoms. The molecule has 1 aromatic rings. The molecule has 1 N–H and O–H groups in total. The van der Waals surface area contributed by atoms with Gasteiger partial charge in [-0.3, -0.25) is 14.4 Å². The van der Waals surface area contributed by atoms with Crippen LogP contribution in [0.2, 0.25) is 0 Å². The van der Waals surface area contributed by atoms with E-state index in [1.807, 2.05) is 6.07 Å². The number of aryl methyl sites for hydroxylation is 1. The first-order chi connectivity index (χ1) is 11.8. The summed E-state index contributed by atoms with van der Waals surface area (Å²) in [6, 6.07) is 1.54. The van der Waals surface area contributed by atoms with Gasteiger partial charge in [-0.2, -0.15) is 5.26 Å². The summed E-state index contributed by atoms with van der Waals surface area (Å²) >= 11 is 0. The number of aromatic amines is 1. The van der Waals surface area contributed by atoms with Crippen LogP contribution in [-0.4, -0.2) is 53.3 Å². The minimum atomic E-state index is -0.399. The highest BCUT2D eigenvalue weighted by Gasteiger charge is 2.34. The maximum absolute atomic E-state index is 12.6. The van der Waals surface area contributed by atoms with Gasteiger partial charge in [0.15, 0.2) is 0 Å². The van der Waals surface area contributed by atoms with Gasteiger partial charge in [0.1, 0.15) is 17.7 Å². The zero-order valence-electron chi connectivity index (χ0n) is 15.2.